The van der Waals surface area contributed by atoms with Crippen molar-refractivity contribution in [1.82, 2.24) is 29.3 Å². The number of pyridine rings is 1. The molecule has 1 N–H and O–H groups in total. The number of ether oxygens (including phenoxy) is 1. The van der Waals surface area contributed by atoms with E-state index in [0.717, 1.165) is 0 Å². The molecule has 138 valence electrons. The second-order valence-electron chi connectivity index (χ2n) is 6.09. The van der Waals surface area contributed by atoms with Crippen LogP contribution in [0.15, 0.2) is 18.5 Å². The van der Waals surface area contributed by atoms with E-state index in [0.29, 0.717) is 46.2 Å². The summed E-state index contributed by atoms with van der Waals surface area (Å²) in [5, 5.41) is 14.3. The van der Waals surface area contributed by atoms with Crippen LogP contribution in [0.2, 0.25) is 5.02 Å². The lowest BCUT2D eigenvalue weighted by Gasteiger charge is -2.08. The highest BCUT2D eigenvalue weighted by atomic mass is 35.5. The Morgan fingerprint density at radius 3 is 2.65 bits per heavy atom. The Morgan fingerprint density at radius 1 is 1.27 bits per heavy atom. The third kappa shape index (κ3) is 3.42. The predicted molar refractivity (Wildman–Crippen MR) is 98.2 cm³/mol. The predicted octanol–water partition coefficient (Wildman–Crippen LogP) is 2.75. The van der Waals surface area contributed by atoms with Gasteiger partial charge >= 0.3 is 0 Å². The highest BCUT2D eigenvalue weighted by Gasteiger charge is 2.20. The number of imidazole rings is 1. The Balaban J connectivity index is 2.13. The molecule has 0 aliphatic rings. The van der Waals surface area contributed by atoms with E-state index in [1.54, 1.807) is 12.3 Å². The lowest BCUT2D eigenvalue weighted by atomic mass is 10.2. The Hall–Kier alpha value is -2.45. The van der Waals surface area contributed by atoms with Gasteiger partial charge in [-0.3, -0.25) is 0 Å². The fraction of sp³-hybridized carbons (Fsp3) is 0.412. The highest BCUT2D eigenvalue weighted by molar-refractivity contribution is 6.33. The van der Waals surface area contributed by atoms with E-state index in [4.69, 9.17) is 21.3 Å². The van der Waals surface area contributed by atoms with E-state index < -0.39 is 0 Å². The molecule has 0 fully saturated rings. The second-order valence-corrected chi connectivity index (χ2v) is 6.50. The lowest BCUT2D eigenvalue weighted by molar-refractivity contribution is 0.276. The molecule has 3 aromatic heterocycles. The maximum atomic E-state index is 9.42. The van der Waals surface area contributed by atoms with E-state index in [1.165, 1.54) is 7.11 Å². The zero-order valence-corrected chi connectivity index (χ0v) is 15.9. The zero-order valence-electron chi connectivity index (χ0n) is 15.1. The molecule has 26 heavy (non-hydrogen) atoms. The Bertz CT molecular complexity index is 918. The quantitative estimate of drug-likeness (QED) is 0.711. The number of halogens is 1. The van der Waals surface area contributed by atoms with E-state index in [2.05, 4.69) is 15.1 Å². The van der Waals surface area contributed by atoms with Crippen molar-refractivity contribution < 1.29 is 9.84 Å². The van der Waals surface area contributed by atoms with Crippen LogP contribution < -0.4 is 4.74 Å². The van der Waals surface area contributed by atoms with Crippen molar-refractivity contribution in [2.75, 3.05) is 13.7 Å². The van der Waals surface area contributed by atoms with Crippen LogP contribution >= 0.6 is 11.6 Å². The number of aryl methyl sites for hydroxylation is 1. The molecule has 0 amide bonds. The second kappa shape index (κ2) is 7.43. The summed E-state index contributed by atoms with van der Waals surface area (Å²) >= 11 is 6.39. The van der Waals surface area contributed by atoms with Gasteiger partial charge in [0.1, 0.15) is 17.3 Å². The molecule has 9 heteroatoms. The average Bonchev–Trinajstić information content (AvgIpc) is 3.19. The van der Waals surface area contributed by atoms with Crippen molar-refractivity contribution in [3.63, 3.8) is 0 Å². The minimum atomic E-state index is -0.0279. The van der Waals surface area contributed by atoms with Crippen molar-refractivity contribution in [1.29, 1.82) is 0 Å². The van der Waals surface area contributed by atoms with Crippen molar-refractivity contribution in [2.45, 2.75) is 33.4 Å². The van der Waals surface area contributed by atoms with Crippen LogP contribution in [0.1, 0.15) is 25.7 Å². The van der Waals surface area contributed by atoms with Gasteiger partial charge in [0.25, 0.3) is 0 Å². The molecule has 0 spiro atoms. The number of nitrogens with zero attached hydrogens (tertiary/aromatic N) is 6. The van der Waals surface area contributed by atoms with E-state index in [9.17, 15) is 5.11 Å². The molecule has 8 nitrogen and oxygen atoms in total. The van der Waals surface area contributed by atoms with Crippen LogP contribution in [-0.2, 0) is 6.54 Å². The summed E-state index contributed by atoms with van der Waals surface area (Å²) < 4.78 is 8.76. The van der Waals surface area contributed by atoms with Crippen molar-refractivity contribution in [2.24, 2.45) is 0 Å². The van der Waals surface area contributed by atoms with Gasteiger partial charge in [0.05, 0.1) is 24.3 Å². The number of aliphatic hydroxyl groups is 1. The molecule has 0 unspecified atom stereocenters. The topological polar surface area (TPSA) is 90.9 Å². The number of aliphatic hydroxyl groups excluding tert-OH is 1. The molecule has 0 aromatic carbocycles. The first-order valence-electron chi connectivity index (χ1n) is 8.26. The number of hydrogen-bond donors (Lipinski definition) is 1. The third-order valence-electron chi connectivity index (χ3n) is 3.85. The molecule has 0 bridgehead atoms. The summed E-state index contributed by atoms with van der Waals surface area (Å²) in [5.41, 5.74) is 1.31. The molecule has 0 saturated carbocycles. The molecule has 3 heterocycles. The highest BCUT2D eigenvalue weighted by Crippen LogP contribution is 2.31. The molecule has 0 aliphatic heterocycles. The van der Waals surface area contributed by atoms with Gasteiger partial charge in [-0.15, -0.1) is 0 Å². The minimum absolute atomic E-state index is 0.0279. The van der Waals surface area contributed by atoms with Crippen LogP contribution in [0.5, 0.6) is 5.88 Å². The van der Waals surface area contributed by atoms with Gasteiger partial charge in [0.15, 0.2) is 5.82 Å². The summed E-state index contributed by atoms with van der Waals surface area (Å²) in [6, 6.07) is 1.78. The number of methoxy groups -OCH3 is 1. The van der Waals surface area contributed by atoms with Crippen molar-refractivity contribution in [3.05, 3.63) is 29.3 Å². The first-order valence-corrected chi connectivity index (χ1v) is 8.63. The first kappa shape index (κ1) is 18.3. The molecule has 3 aromatic rings. The van der Waals surface area contributed by atoms with E-state index in [-0.39, 0.29) is 12.6 Å². The van der Waals surface area contributed by atoms with E-state index >= 15 is 0 Å². The average molecular weight is 377 g/mol. The Morgan fingerprint density at radius 2 is 2.04 bits per heavy atom. The summed E-state index contributed by atoms with van der Waals surface area (Å²) in [6.07, 6.45) is 3.45. The third-order valence-corrected chi connectivity index (χ3v) is 4.16. The minimum Gasteiger partial charge on any atom is -0.481 e. The summed E-state index contributed by atoms with van der Waals surface area (Å²) in [6.45, 7) is 6.26. The normalized spacial score (nSPS) is 11.3. The smallest absolute Gasteiger partial charge is 0.214 e. The van der Waals surface area contributed by atoms with Gasteiger partial charge in [-0.1, -0.05) is 11.6 Å². The van der Waals surface area contributed by atoms with Crippen LogP contribution in [0, 0.1) is 6.92 Å². The number of aromatic nitrogens is 6. The molecule has 0 aliphatic carbocycles. The Kier molecular flexibility index (Phi) is 5.24. The van der Waals surface area contributed by atoms with Crippen LogP contribution in [-0.4, -0.2) is 48.1 Å². The van der Waals surface area contributed by atoms with Gasteiger partial charge in [0.2, 0.25) is 5.88 Å². The molecular formula is C17H21ClN6O2. The van der Waals surface area contributed by atoms with Crippen molar-refractivity contribution >= 4 is 11.6 Å². The summed E-state index contributed by atoms with van der Waals surface area (Å²) in [5.74, 6) is 2.38. The largest absolute Gasteiger partial charge is 0.481 e. The lowest BCUT2D eigenvalue weighted by Crippen LogP contribution is -2.05. The van der Waals surface area contributed by atoms with E-state index in [1.807, 2.05) is 36.2 Å². The van der Waals surface area contributed by atoms with Crippen molar-refractivity contribution in [3.8, 4) is 28.8 Å². The standard InChI is InChI=1S/C17H21ClN6O2/c1-10(2)24-17(20-11(3)22-24)14-9-23(5-6-25)16(21-14)12-8-19-15(26-4)7-13(12)18/h7-10,25H,5-6H2,1-4H3. The van der Waals surface area contributed by atoms with Crippen LogP contribution in [0.3, 0.4) is 0 Å². The molecular weight excluding hydrogens is 356 g/mol. The molecule has 0 atom stereocenters. The maximum absolute atomic E-state index is 9.42. The molecule has 0 radical (unpaired) electrons. The van der Waals surface area contributed by atoms with Gasteiger partial charge in [-0.05, 0) is 20.8 Å². The van der Waals surface area contributed by atoms with Gasteiger partial charge in [-0.25, -0.2) is 19.6 Å². The number of rotatable bonds is 6. The zero-order chi connectivity index (χ0) is 18.8. The molecule has 3 rings (SSSR count). The summed E-state index contributed by atoms with van der Waals surface area (Å²) in [7, 11) is 1.53. The number of hydrogen-bond acceptors (Lipinski definition) is 6. The fourth-order valence-electron chi connectivity index (χ4n) is 2.67. The SMILES string of the molecule is COc1cc(Cl)c(-c2nc(-c3nc(C)nn3C(C)C)cn2CCO)cn1. The van der Waals surface area contributed by atoms with Gasteiger partial charge < -0.3 is 14.4 Å². The monoisotopic (exact) mass is 376 g/mol. The summed E-state index contributed by atoms with van der Waals surface area (Å²) in [4.78, 5) is 13.4. The van der Waals surface area contributed by atoms with Gasteiger partial charge in [0, 0.05) is 31.0 Å². The van der Waals surface area contributed by atoms with Crippen LogP contribution in [0.4, 0.5) is 0 Å². The van der Waals surface area contributed by atoms with Gasteiger partial charge in [-0.2, -0.15) is 5.10 Å². The fourth-order valence-corrected chi connectivity index (χ4v) is 2.90. The first-order chi connectivity index (χ1) is 12.4. The molecule has 0 saturated heterocycles. The van der Waals surface area contributed by atoms with Crippen LogP contribution in [0.25, 0.3) is 22.9 Å². The Labute approximate surface area is 156 Å². The maximum Gasteiger partial charge on any atom is 0.214 e.